The van der Waals surface area contributed by atoms with Crippen molar-refractivity contribution in [3.05, 3.63) is 88.4 Å². The third-order valence-corrected chi connectivity index (χ3v) is 8.42. The highest BCUT2D eigenvalue weighted by atomic mass is 32.1. The van der Waals surface area contributed by atoms with Crippen LogP contribution in [0, 0.1) is 11.6 Å². The number of ether oxygens (including phenoxy) is 1. The third kappa shape index (κ3) is 3.10. The van der Waals surface area contributed by atoms with Gasteiger partial charge in [0.2, 0.25) is 0 Å². The van der Waals surface area contributed by atoms with Crippen LogP contribution in [0.3, 0.4) is 0 Å². The van der Waals surface area contributed by atoms with E-state index in [9.17, 15) is 19.4 Å². The van der Waals surface area contributed by atoms with E-state index in [2.05, 4.69) is 4.98 Å². The van der Waals surface area contributed by atoms with Gasteiger partial charge in [-0.05, 0) is 35.8 Å². The summed E-state index contributed by atoms with van der Waals surface area (Å²) in [5.41, 5.74) is 3.95. The molecule has 0 spiro atoms. The van der Waals surface area contributed by atoms with Gasteiger partial charge in [0.25, 0.3) is 5.91 Å². The largest absolute Gasteiger partial charge is 0.507 e. The highest BCUT2D eigenvalue weighted by Gasteiger charge is 2.52. The maximum Gasteiger partial charge on any atom is 0.277 e. The molecule has 194 valence electrons. The average Bonchev–Trinajstić information content (AvgIpc) is 3.35. The number of fused-ring (bicyclic) bond motifs is 7. The minimum absolute atomic E-state index is 0.0476. The first-order valence-corrected chi connectivity index (χ1v) is 13.0. The van der Waals surface area contributed by atoms with Crippen molar-refractivity contribution in [1.82, 2.24) is 19.9 Å². The maximum absolute atomic E-state index is 15.7. The number of thiazole rings is 1. The number of hydrogen-bond acceptors (Lipinski definition) is 8. The van der Waals surface area contributed by atoms with Gasteiger partial charge < -0.3 is 19.8 Å². The van der Waals surface area contributed by atoms with E-state index in [1.54, 1.807) is 16.5 Å². The van der Waals surface area contributed by atoms with Crippen molar-refractivity contribution in [2.24, 2.45) is 0 Å². The van der Waals surface area contributed by atoms with Gasteiger partial charge in [-0.3, -0.25) is 9.80 Å². The van der Waals surface area contributed by atoms with Crippen molar-refractivity contribution >= 4 is 17.2 Å². The lowest BCUT2D eigenvalue weighted by Gasteiger charge is -2.56. The van der Waals surface area contributed by atoms with Crippen LogP contribution < -0.4 is 0 Å². The van der Waals surface area contributed by atoms with Gasteiger partial charge in [-0.15, -0.1) is 11.3 Å². The second kappa shape index (κ2) is 8.43. The first-order chi connectivity index (χ1) is 18.4. The Bertz CT molecular complexity index is 1560. The van der Waals surface area contributed by atoms with Gasteiger partial charge >= 0.3 is 0 Å². The van der Waals surface area contributed by atoms with Gasteiger partial charge in [0.1, 0.15) is 12.3 Å². The zero-order valence-electron chi connectivity index (χ0n) is 20.1. The maximum atomic E-state index is 15.7. The predicted octanol–water partition coefficient (Wildman–Crippen LogP) is 3.92. The van der Waals surface area contributed by atoms with Crippen LogP contribution in [0.1, 0.15) is 24.1 Å². The zero-order chi connectivity index (χ0) is 26.3. The highest BCUT2D eigenvalue weighted by Crippen LogP contribution is 2.51. The molecule has 2 saturated heterocycles. The molecule has 2 N–H and O–H groups in total. The molecule has 0 bridgehead atoms. The number of halogens is 2. The number of aliphatic hydroxyl groups excluding tert-OH is 2. The van der Waals surface area contributed by atoms with Crippen molar-refractivity contribution in [2.45, 2.75) is 31.3 Å². The van der Waals surface area contributed by atoms with E-state index >= 15 is 4.39 Å². The second-order valence-corrected chi connectivity index (χ2v) is 10.5. The molecule has 0 saturated carbocycles. The first kappa shape index (κ1) is 23.5. The number of aromatic nitrogens is 1. The number of rotatable bonds is 1. The minimum atomic E-state index is -1.35. The SMILES string of the molecule is CC1COCC2N1C(=O)C1=C(O)C(O)C=CN1N2C1c2ccccc2-c2scnc2-c2c1ccc(F)c2F. The molecule has 38 heavy (non-hydrogen) atoms. The Balaban J connectivity index is 1.55. The monoisotopic (exact) mass is 536 g/mol. The molecular weight excluding hydrogens is 514 g/mol. The Labute approximate surface area is 220 Å². The Morgan fingerprint density at radius 3 is 2.79 bits per heavy atom. The van der Waals surface area contributed by atoms with E-state index in [1.165, 1.54) is 28.6 Å². The van der Waals surface area contributed by atoms with Crippen LogP contribution in [0.25, 0.3) is 21.7 Å². The molecule has 1 aliphatic carbocycles. The smallest absolute Gasteiger partial charge is 0.277 e. The van der Waals surface area contributed by atoms with Crippen LogP contribution in [0.5, 0.6) is 0 Å². The van der Waals surface area contributed by atoms with Crippen LogP contribution in [-0.4, -0.2) is 67.5 Å². The highest BCUT2D eigenvalue weighted by molar-refractivity contribution is 7.13. The molecule has 3 aromatic rings. The summed E-state index contributed by atoms with van der Waals surface area (Å²) in [4.78, 5) is 20.5. The summed E-state index contributed by atoms with van der Waals surface area (Å²) in [6.45, 7) is 2.28. The van der Waals surface area contributed by atoms with E-state index in [0.29, 0.717) is 22.7 Å². The van der Waals surface area contributed by atoms with Gasteiger partial charge in [0.05, 0.1) is 41.4 Å². The summed E-state index contributed by atoms with van der Waals surface area (Å²) >= 11 is 1.34. The normalized spacial score (nSPS) is 26.4. The van der Waals surface area contributed by atoms with E-state index in [1.807, 2.05) is 36.2 Å². The van der Waals surface area contributed by atoms with Gasteiger partial charge in [0, 0.05) is 11.8 Å². The van der Waals surface area contributed by atoms with Gasteiger partial charge in [-0.25, -0.2) is 13.8 Å². The Kier molecular flexibility index (Phi) is 5.21. The fraction of sp³-hybridized carbons (Fsp3) is 0.259. The topological polar surface area (TPSA) is 89.4 Å². The molecular formula is C27H22F2N4O4S. The zero-order valence-corrected chi connectivity index (χ0v) is 20.9. The second-order valence-electron chi connectivity index (χ2n) is 9.67. The van der Waals surface area contributed by atoms with Gasteiger partial charge in [0.15, 0.2) is 23.1 Å². The fourth-order valence-corrected chi connectivity index (χ4v) is 6.77. The number of hydrogen-bond donors (Lipinski definition) is 2. The van der Waals surface area contributed by atoms with Crippen LogP contribution in [0.4, 0.5) is 8.78 Å². The summed E-state index contributed by atoms with van der Waals surface area (Å²) in [7, 11) is 0. The number of morpholine rings is 1. The predicted molar refractivity (Wildman–Crippen MR) is 134 cm³/mol. The van der Waals surface area contributed by atoms with Crippen LogP contribution in [0.15, 0.2) is 65.6 Å². The molecule has 2 fully saturated rings. The van der Waals surface area contributed by atoms with Crippen molar-refractivity contribution in [3.63, 3.8) is 0 Å². The summed E-state index contributed by atoms with van der Waals surface area (Å²) in [6, 6.07) is 9.13. The van der Waals surface area contributed by atoms with Crippen molar-refractivity contribution in [3.8, 4) is 21.7 Å². The Hall–Kier alpha value is -3.64. The van der Waals surface area contributed by atoms with E-state index in [4.69, 9.17) is 4.74 Å². The van der Waals surface area contributed by atoms with Crippen molar-refractivity contribution in [1.29, 1.82) is 0 Å². The van der Waals surface area contributed by atoms with Crippen molar-refractivity contribution in [2.75, 3.05) is 13.2 Å². The summed E-state index contributed by atoms with van der Waals surface area (Å²) in [5, 5.41) is 24.6. The molecule has 8 nitrogen and oxygen atoms in total. The van der Waals surface area contributed by atoms with Crippen molar-refractivity contribution < 1.29 is 28.5 Å². The molecule has 4 heterocycles. The number of carbonyl (C=O) groups is 1. The minimum Gasteiger partial charge on any atom is -0.507 e. The number of carbonyl (C=O) groups excluding carboxylic acids is 1. The summed E-state index contributed by atoms with van der Waals surface area (Å²) in [6.07, 6.45) is 0.895. The molecule has 1 aromatic heterocycles. The third-order valence-electron chi connectivity index (χ3n) is 7.57. The molecule has 3 aliphatic heterocycles. The first-order valence-electron chi connectivity index (χ1n) is 12.2. The molecule has 7 rings (SSSR count). The lowest BCUT2D eigenvalue weighted by molar-refractivity contribution is -0.200. The molecule has 4 unspecified atom stereocenters. The average molecular weight is 537 g/mol. The summed E-state index contributed by atoms with van der Waals surface area (Å²) in [5.74, 6) is -2.92. The number of amides is 1. The molecule has 0 radical (unpaired) electrons. The summed E-state index contributed by atoms with van der Waals surface area (Å²) < 4.78 is 36.2. The van der Waals surface area contributed by atoms with E-state index in [0.717, 1.165) is 17.2 Å². The van der Waals surface area contributed by atoms with E-state index < -0.39 is 41.6 Å². The lowest BCUT2D eigenvalue weighted by atomic mass is 9.91. The van der Waals surface area contributed by atoms with E-state index in [-0.39, 0.29) is 23.9 Å². The number of hydrazine groups is 1. The Morgan fingerprint density at radius 1 is 1.13 bits per heavy atom. The Morgan fingerprint density at radius 2 is 1.95 bits per heavy atom. The quantitative estimate of drug-likeness (QED) is 0.487. The van der Waals surface area contributed by atoms with Crippen LogP contribution in [-0.2, 0) is 9.53 Å². The van der Waals surface area contributed by atoms with Gasteiger partial charge in [-0.2, -0.15) is 5.01 Å². The molecule has 2 aromatic carbocycles. The lowest BCUT2D eigenvalue weighted by Crippen LogP contribution is -2.70. The molecule has 4 aliphatic rings. The standard InChI is InChI=1S/C27H22F2N4O4S/c1-13-10-37-11-19-32(13)27(36)24-25(35)18(34)8-9-31(24)33(19)23-14-4-2-3-5-15(14)26-22(30-12-38-26)20-16(23)6-7-17(28)21(20)29/h2-9,12-13,18-19,23,34-35H,10-11H2,1H3. The molecule has 11 heteroatoms. The fourth-order valence-electron chi connectivity index (χ4n) is 5.93. The van der Waals surface area contributed by atoms with Gasteiger partial charge in [-0.1, -0.05) is 30.3 Å². The van der Waals surface area contributed by atoms with Crippen LogP contribution in [0.2, 0.25) is 0 Å². The number of benzene rings is 2. The molecule has 4 atom stereocenters. The number of nitrogens with zero attached hydrogens (tertiary/aromatic N) is 4. The number of aliphatic hydroxyl groups is 2. The van der Waals surface area contributed by atoms with Crippen LogP contribution >= 0.6 is 11.3 Å². The molecule has 1 amide bonds.